The lowest BCUT2D eigenvalue weighted by atomic mass is 10.0. The van der Waals surface area contributed by atoms with E-state index in [-0.39, 0.29) is 11.5 Å². The zero-order valence-electron chi connectivity index (χ0n) is 10.7. The second kappa shape index (κ2) is 6.69. The molecule has 1 aromatic heterocycles. The number of hydrogen-bond donors (Lipinski definition) is 1. The maximum absolute atomic E-state index is 11.9. The summed E-state index contributed by atoms with van der Waals surface area (Å²) in [4.78, 5) is 16.1. The van der Waals surface area contributed by atoms with Gasteiger partial charge in [0, 0.05) is 23.9 Å². The molecule has 0 unspecified atom stereocenters. The number of hydrogen-bond acceptors (Lipinski definition) is 3. The van der Waals surface area contributed by atoms with E-state index in [1.54, 1.807) is 30.5 Å². The Balaban J connectivity index is 1.74. The first-order valence-corrected chi connectivity index (χ1v) is 6.48. The molecule has 3 heteroatoms. The molecule has 98 valence electrons. The van der Waals surface area contributed by atoms with Crippen LogP contribution < -0.4 is 0 Å². The first-order valence-electron chi connectivity index (χ1n) is 6.48. The van der Waals surface area contributed by atoms with Gasteiger partial charge in [-0.1, -0.05) is 6.07 Å². The molecule has 3 nitrogen and oxygen atoms in total. The molecule has 19 heavy (non-hydrogen) atoms. The van der Waals surface area contributed by atoms with Crippen LogP contribution in [-0.2, 0) is 6.42 Å². The average molecular weight is 255 g/mol. The summed E-state index contributed by atoms with van der Waals surface area (Å²) in [6.45, 7) is 0. The number of ketones is 1. The van der Waals surface area contributed by atoms with Crippen LogP contribution in [0.15, 0.2) is 48.7 Å². The number of phenolic OH excluding ortho intramolecular Hbond substituents is 1. The first-order chi connectivity index (χ1) is 9.25. The molecule has 0 spiro atoms. The molecular formula is C16H17NO2. The summed E-state index contributed by atoms with van der Waals surface area (Å²) < 4.78 is 0. The van der Waals surface area contributed by atoms with Gasteiger partial charge in [-0.05, 0) is 55.7 Å². The van der Waals surface area contributed by atoms with E-state index < -0.39 is 0 Å². The molecular weight excluding hydrogens is 238 g/mol. The number of pyridine rings is 1. The molecule has 0 saturated carbocycles. The molecule has 0 atom stereocenters. The van der Waals surface area contributed by atoms with Crippen molar-refractivity contribution in [2.75, 3.05) is 0 Å². The van der Waals surface area contributed by atoms with E-state index in [0.29, 0.717) is 12.0 Å². The standard InChI is InChI=1S/C16H17NO2/c18-15-10-8-13(9-11-15)16(19)7-2-1-5-14-6-3-4-12-17-14/h3-4,6,8-12,18H,1-2,5,7H2. The molecule has 0 aliphatic heterocycles. The van der Waals surface area contributed by atoms with Crippen molar-refractivity contribution in [3.63, 3.8) is 0 Å². The number of phenols is 1. The Labute approximate surface area is 112 Å². The zero-order valence-corrected chi connectivity index (χ0v) is 10.7. The van der Waals surface area contributed by atoms with Gasteiger partial charge >= 0.3 is 0 Å². The Kier molecular flexibility index (Phi) is 4.67. The van der Waals surface area contributed by atoms with Crippen LogP contribution in [0.4, 0.5) is 0 Å². The Bertz CT molecular complexity index is 520. The molecule has 2 rings (SSSR count). The van der Waals surface area contributed by atoms with Crippen molar-refractivity contribution in [3.8, 4) is 5.75 Å². The van der Waals surface area contributed by atoms with Crippen LogP contribution in [0.5, 0.6) is 5.75 Å². The van der Waals surface area contributed by atoms with E-state index in [1.807, 2.05) is 18.2 Å². The van der Waals surface area contributed by atoms with Crippen LogP contribution in [0.1, 0.15) is 35.3 Å². The molecule has 1 aromatic carbocycles. The number of aryl methyl sites for hydroxylation is 1. The third kappa shape index (κ3) is 4.21. The second-order valence-corrected chi connectivity index (χ2v) is 4.50. The van der Waals surface area contributed by atoms with Crippen LogP contribution >= 0.6 is 0 Å². The molecule has 1 heterocycles. The lowest BCUT2D eigenvalue weighted by Gasteiger charge is -2.02. The van der Waals surface area contributed by atoms with Crippen LogP contribution in [0.3, 0.4) is 0 Å². The van der Waals surface area contributed by atoms with Crippen molar-refractivity contribution in [3.05, 3.63) is 59.9 Å². The predicted octanol–water partition coefficient (Wildman–Crippen LogP) is 3.38. The number of benzene rings is 1. The van der Waals surface area contributed by atoms with Crippen molar-refractivity contribution in [1.29, 1.82) is 0 Å². The molecule has 0 radical (unpaired) electrons. The number of unbranched alkanes of at least 4 members (excludes halogenated alkanes) is 1. The average Bonchev–Trinajstić information content (AvgIpc) is 2.45. The summed E-state index contributed by atoms with van der Waals surface area (Å²) in [6.07, 6.45) is 5.05. The monoisotopic (exact) mass is 255 g/mol. The predicted molar refractivity (Wildman–Crippen MR) is 74.2 cm³/mol. The number of Topliss-reactive ketones (excluding diaryl/α,β-unsaturated/α-hetero) is 1. The van der Waals surface area contributed by atoms with Crippen molar-refractivity contribution in [2.24, 2.45) is 0 Å². The van der Waals surface area contributed by atoms with Crippen molar-refractivity contribution in [2.45, 2.75) is 25.7 Å². The van der Waals surface area contributed by atoms with E-state index in [9.17, 15) is 4.79 Å². The van der Waals surface area contributed by atoms with Crippen molar-refractivity contribution in [1.82, 2.24) is 4.98 Å². The van der Waals surface area contributed by atoms with Gasteiger partial charge in [-0.25, -0.2) is 0 Å². The summed E-state index contributed by atoms with van der Waals surface area (Å²) >= 11 is 0. The molecule has 1 N–H and O–H groups in total. The van der Waals surface area contributed by atoms with Gasteiger partial charge in [-0.2, -0.15) is 0 Å². The Morgan fingerprint density at radius 2 is 1.84 bits per heavy atom. The highest BCUT2D eigenvalue weighted by molar-refractivity contribution is 5.96. The van der Waals surface area contributed by atoms with Crippen LogP contribution in [-0.4, -0.2) is 15.9 Å². The van der Waals surface area contributed by atoms with Crippen LogP contribution in [0, 0.1) is 0 Å². The van der Waals surface area contributed by atoms with Crippen LogP contribution in [0.2, 0.25) is 0 Å². The largest absolute Gasteiger partial charge is 0.508 e. The van der Waals surface area contributed by atoms with Gasteiger partial charge in [0.1, 0.15) is 5.75 Å². The Hall–Kier alpha value is -2.16. The van der Waals surface area contributed by atoms with Gasteiger partial charge in [-0.3, -0.25) is 9.78 Å². The summed E-state index contributed by atoms with van der Waals surface area (Å²) in [7, 11) is 0. The topological polar surface area (TPSA) is 50.2 Å². The number of aromatic nitrogens is 1. The Morgan fingerprint density at radius 1 is 1.05 bits per heavy atom. The lowest BCUT2D eigenvalue weighted by Crippen LogP contribution is -1.99. The molecule has 0 aliphatic carbocycles. The van der Waals surface area contributed by atoms with Gasteiger partial charge in [0.05, 0.1) is 0 Å². The second-order valence-electron chi connectivity index (χ2n) is 4.50. The number of nitrogens with zero attached hydrogens (tertiary/aromatic N) is 1. The zero-order chi connectivity index (χ0) is 13.5. The Morgan fingerprint density at radius 3 is 2.53 bits per heavy atom. The fourth-order valence-electron chi connectivity index (χ4n) is 1.93. The lowest BCUT2D eigenvalue weighted by molar-refractivity contribution is 0.0979. The molecule has 0 bridgehead atoms. The number of rotatable bonds is 6. The summed E-state index contributed by atoms with van der Waals surface area (Å²) in [6, 6.07) is 12.3. The quantitative estimate of drug-likeness (QED) is 0.636. The van der Waals surface area contributed by atoms with Gasteiger partial charge in [0.2, 0.25) is 0 Å². The molecule has 0 amide bonds. The van der Waals surface area contributed by atoms with Crippen LogP contribution in [0.25, 0.3) is 0 Å². The van der Waals surface area contributed by atoms with E-state index in [2.05, 4.69) is 4.98 Å². The van der Waals surface area contributed by atoms with Crippen molar-refractivity contribution >= 4 is 5.78 Å². The van der Waals surface area contributed by atoms with Gasteiger partial charge < -0.3 is 5.11 Å². The number of aromatic hydroxyl groups is 1. The van der Waals surface area contributed by atoms with E-state index >= 15 is 0 Å². The third-order valence-corrected chi connectivity index (χ3v) is 3.00. The summed E-state index contributed by atoms with van der Waals surface area (Å²) in [5.41, 5.74) is 1.73. The normalized spacial score (nSPS) is 10.3. The minimum Gasteiger partial charge on any atom is -0.508 e. The number of carbonyl (C=O) groups is 1. The highest BCUT2D eigenvalue weighted by atomic mass is 16.3. The number of carbonyl (C=O) groups excluding carboxylic acids is 1. The SMILES string of the molecule is O=C(CCCCc1ccccn1)c1ccc(O)cc1. The highest BCUT2D eigenvalue weighted by Crippen LogP contribution is 2.13. The van der Waals surface area contributed by atoms with Gasteiger partial charge in [0.15, 0.2) is 5.78 Å². The highest BCUT2D eigenvalue weighted by Gasteiger charge is 2.05. The molecule has 0 fully saturated rings. The third-order valence-electron chi connectivity index (χ3n) is 3.00. The molecule has 0 aliphatic rings. The van der Waals surface area contributed by atoms with Gasteiger partial charge in [-0.15, -0.1) is 0 Å². The van der Waals surface area contributed by atoms with Crippen molar-refractivity contribution < 1.29 is 9.90 Å². The summed E-state index contributed by atoms with van der Waals surface area (Å²) in [5, 5.41) is 9.16. The van der Waals surface area contributed by atoms with E-state index in [4.69, 9.17) is 5.11 Å². The maximum atomic E-state index is 11.9. The summed E-state index contributed by atoms with van der Waals surface area (Å²) in [5.74, 6) is 0.313. The smallest absolute Gasteiger partial charge is 0.162 e. The molecule has 0 saturated heterocycles. The minimum atomic E-state index is 0.126. The van der Waals surface area contributed by atoms with Gasteiger partial charge in [0.25, 0.3) is 0 Å². The minimum absolute atomic E-state index is 0.126. The molecule has 2 aromatic rings. The van der Waals surface area contributed by atoms with E-state index in [0.717, 1.165) is 25.0 Å². The van der Waals surface area contributed by atoms with E-state index in [1.165, 1.54) is 0 Å². The maximum Gasteiger partial charge on any atom is 0.162 e. The fourth-order valence-corrected chi connectivity index (χ4v) is 1.93. The fraction of sp³-hybridized carbons (Fsp3) is 0.250. The first kappa shape index (κ1) is 13.3.